The van der Waals surface area contributed by atoms with Gasteiger partial charge in [0.1, 0.15) is 17.1 Å². The Morgan fingerprint density at radius 3 is 2.71 bits per heavy atom. The largest absolute Gasteiger partial charge is 0.573 e. The van der Waals surface area contributed by atoms with Crippen molar-refractivity contribution in [3.8, 4) is 16.9 Å². The number of furan rings is 1. The van der Waals surface area contributed by atoms with E-state index in [2.05, 4.69) is 15.0 Å². The zero-order valence-corrected chi connectivity index (χ0v) is 14.6. The maximum atomic E-state index is 12.5. The van der Waals surface area contributed by atoms with Gasteiger partial charge in [-0.25, -0.2) is 0 Å². The van der Waals surface area contributed by atoms with Crippen LogP contribution in [0.1, 0.15) is 5.76 Å². The van der Waals surface area contributed by atoms with Gasteiger partial charge in [-0.2, -0.15) is 0 Å². The number of halogens is 3. The summed E-state index contributed by atoms with van der Waals surface area (Å²) in [6.07, 6.45) is -0.412. The number of carbonyl (C=O) groups excluding carboxylic acids is 2. The van der Waals surface area contributed by atoms with Gasteiger partial charge in [0, 0.05) is 29.4 Å². The maximum absolute atomic E-state index is 12.5. The molecule has 1 aliphatic heterocycles. The Bertz CT molecular complexity index is 1140. The van der Waals surface area contributed by atoms with Crippen LogP contribution in [-0.2, 0) is 4.79 Å². The molecular weight excluding hydrogens is 397 g/mol. The van der Waals surface area contributed by atoms with Gasteiger partial charge in [-0.3, -0.25) is 19.9 Å². The van der Waals surface area contributed by atoms with Crippen LogP contribution in [0.4, 0.5) is 18.0 Å². The number of aromatic nitrogens is 1. The lowest BCUT2D eigenvalue weighted by Crippen LogP contribution is -2.17. The number of imide groups is 1. The van der Waals surface area contributed by atoms with E-state index < -0.39 is 17.5 Å². The highest BCUT2D eigenvalue weighted by Gasteiger charge is 2.31. The van der Waals surface area contributed by atoms with E-state index in [0.717, 1.165) is 11.8 Å². The highest BCUT2D eigenvalue weighted by atomic mass is 32.2. The van der Waals surface area contributed by atoms with Crippen LogP contribution in [0.25, 0.3) is 28.2 Å². The van der Waals surface area contributed by atoms with Gasteiger partial charge in [0.05, 0.1) is 4.91 Å². The van der Waals surface area contributed by atoms with Crippen molar-refractivity contribution >= 4 is 40.0 Å². The number of alkyl halides is 3. The predicted octanol–water partition coefficient (Wildman–Crippen LogP) is 4.72. The van der Waals surface area contributed by atoms with Crippen LogP contribution in [0.2, 0.25) is 0 Å². The first-order valence-electron chi connectivity index (χ1n) is 7.77. The number of benzene rings is 1. The van der Waals surface area contributed by atoms with E-state index in [1.54, 1.807) is 12.1 Å². The van der Waals surface area contributed by atoms with E-state index in [4.69, 9.17) is 4.42 Å². The Labute approximate surface area is 159 Å². The number of amides is 2. The Hall–Kier alpha value is -3.27. The molecule has 28 heavy (non-hydrogen) atoms. The molecule has 0 aliphatic carbocycles. The van der Waals surface area contributed by atoms with Crippen molar-refractivity contribution in [2.24, 2.45) is 0 Å². The fourth-order valence-electron chi connectivity index (χ4n) is 2.67. The minimum Gasteiger partial charge on any atom is -0.456 e. The second-order valence-electron chi connectivity index (χ2n) is 5.68. The Kier molecular flexibility index (Phi) is 4.34. The molecule has 142 valence electrons. The zero-order chi connectivity index (χ0) is 19.9. The average Bonchev–Trinajstić information content (AvgIpc) is 3.15. The van der Waals surface area contributed by atoms with Crippen molar-refractivity contribution in [2.75, 3.05) is 0 Å². The molecule has 10 heteroatoms. The molecule has 2 aromatic heterocycles. The number of nitrogens with zero attached hydrogens (tertiary/aromatic N) is 1. The molecule has 4 rings (SSSR count). The van der Waals surface area contributed by atoms with E-state index >= 15 is 0 Å². The van der Waals surface area contributed by atoms with Crippen molar-refractivity contribution in [2.45, 2.75) is 6.36 Å². The first-order valence-corrected chi connectivity index (χ1v) is 8.59. The van der Waals surface area contributed by atoms with Gasteiger partial charge in [-0.15, -0.1) is 13.2 Å². The third-order valence-electron chi connectivity index (χ3n) is 3.74. The van der Waals surface area contributed by atoms with Crippen LogP contribution in [-0.4, -0.2) is 22.5 Å². The quantitative estimate of drug-likeness (QED) is 0.634. The fourth-order valence-corrected chi connectivity index (χ4v) is 3.33. The molecule has 2 amide bonds. The third-order valence-corrected chi connectivity index (χ3v) is 4.55. The SMILES string of the molecule is O=C1NC(=O)/C(=C\c2cc3cncc(-c4cccc(OC(F)(F)F)c4)c3o2)S1. The average molecular weight is 406 g/mol. The van der Waals surface area contributed by atoms with Crippen LogP contribution in [0.3, 0.4) is 0 Å². The van der Waals surface area contributed by atoms with E-state index in [9.17, 15) is 22.8 Å². The van der Waals surface area contributed by atoms with Crippen molar-refractivity contribution in [3.63, 3.8) is 0 Å². The highest BCUT2D eigenvalue weighted by molar-refractivity contribution is 8.18. The van der Waals surface area contributed by atoms with Crippen molar-refractivity contribution in [1.29, 1.82) is 0 Å². The second kappa shape index (κ2) is 6.71. The molecule has 0 radical (unpaired) electrons. The molecule has 6 nitrogen and oxygen atoms in total. The van der Waals surface area contributed by atoms with Gasteiger partial charge in [-0.05, 0) is 35.5 Å². The van der Waals surface area contributed by atoms with Gasteiger partial charge in [0.15, 0.2) is 0 Å². The van der Waals surface area contributed by atoms with Gasteiger partial charge in [-0.1, -0.05) is 12.1 Å². The minimum absolute atomic E-state index is 0.180. The number of thioether (sulfide) groups is 1. The predicted molar refractivity (Wildman–Crippen MR) is 95.2 cm³/mol. The number of hydrogen-bond acceptors (Lipinski definition) is 6. The van der Waals surface area contributed by atoms with E-state index in [0.29, 0.717) is 27.9 Å². The standard InChI is InChI=1S/C18H9F3N2O4S/c19-18(20,21)27-11-3-1-2-9(4-11)13-8-22-7-10-5-12(26-15(10)13)6-14-16(24)23-17(25)28-14/h1-8H,(H,23,24,25)/b14-6+. The number of nitrogens with one attached hydrogen (secondary N) is 1. The van der Waals surface area contributed by atoms with Crippen molar-refractivity contribution < 1.29 is 31.9 Å². The monoisotopic (exact) mass is 406 g/mol. The van der Waals surface area contributed by atoms with Gasteiger partial charge < -0.3 is 9.15 Å². The Balaban J connectivity index is 1.74. The molecule has 1 aliphatic rings. The fraction of sp³-hybridized carbons (Fsp3) is 0.0556. The summed E-state index contributed by atoms with van der Waals surface area (Å²) in [5.74, 6) is -0.585. The van der Waals surface area contributed by atoms with Crippen molar-refractivity contribution in [3.05, 3.63) is 53.4 Å². The topological polar surface area (TPSA) is 81.4 Å². The summed E-state index contributed by atoms with van der Waals surface area (Å²) in [5, 5.41) is 2.25. The lowest BCUT2D eigenvalue weighted by Gasteiger charge is -2.10. The maximum Gasteiger partial charge on any atom is 0.573 e. The summed E-state index contributed by atoms with van der Waals surface area (Å²) in [4.78, 5) is 27.2. The molecule has 1 saturated heterocycles. The van der Waals surface area contributed by atoms with Crippen LogP contribution in [0.5, 0.6) is 5.75 Å². The minimum atomic E-state index is -4.80. The summed E-state index contributed by atoms with van der Waals surface area (Å²) in [7, 11) is 0. The lowest BCUT2D eigenvalue weighted by atomic mass is 10.1. The molecule has 1 aromatic carbocycles. The summed E-state index contributed by atoms with van der Waals surface area (Å²) in [6, 6.07) is 7.05. The van der Waals surface area contributed by atoms with Gasteiger partial charge in [0.25, 0.3) is 11.1 Å². The van der Waals surface area contributed by atoms with Gasteiger partial charge in [0.2, 0.25) is 0 Å². The van der Waals surface area contributed by atoms with Gasteiger partial charge >= 0.3 is 6.36 Å². The molecule has 0 spiro atoms. The van der Waals surface area contributed by atoms with Crippen LogP contribution in [0, 0.1) is 0 Å². The van der Waals surface area contributed by atoms with E-state index in [-0.39, 0.29) is 10.7 Å². The van der Waals surface area contributed by atoms with Crippen LogP contribution < -0.4 is 10.1 Å². The number of hydrogen-bond donors (Lipinski definition) is 1. The normalized spacial score (nSPS) is 16.0. The Morgan fingerprint density at radius 2 is 2.00 bits per heavy atom. The van der Waals surface area contributed by atoms with Crippen LogP contribution in [0.15, 0.2) is 52.0 Å². The summed E-state index contributed by atoms with van der Waals surface area (Å²) in [5.41, 5.74) is 1.24. The molecule has 0 atom stereocenters. The zero-order valence-electron chi connectivity index (χ0n) is 13.7. The third kappa shape index (κ3) is 3.72. The smallest absolute Gasteiger partial charge is 0.456 e. The number of carbonyl (C=O) groups is 2. The lowest BCUT2D eigenvalue weighted by molar-refractivity contribution is -0.274. The number of rotatable bonds is 3. The molecule has 1 N–H and O–H groups in total. The molecule has 3 aromatic rings. The molecule has 0 saturated carbocycles. The summed E-state index contributed by atoms with van der Waals surface area (Å²) < 4.78 is 47.1. The van der Waals surface area contributed by atoms with E-state index in [1.807, 2.05) is 0 Å². The molecule has 1 fully saturated rings. The first kappa shape index (κ1) is 18.1. The summed E-state index contributed by atoms with van der Waals surface area (Å²) in [6.45, 7) is 0. The number of fused-ring (bicyclic) bond motifs is 1. The first-order chi connectivity index (χ1) is 13.3. The number of ether oxygens (including phenoxy) is 1. The summed E-state index contributed by atoms with van der Waals surface area (Å²) >= 11 is 0.749. The molecular formula is C18H9F3N2O4S. The van der Waals surface area contributed by atoms with E-state index in [1.165, 1.54) is 36.7 Å². The number of pyridine rings is 1. The van der Waals surface area contributed by atoms with Crippen molar-refractivity contribution in [1.82, 2.24) is 10.3 Å². The van der Waals surface area contributed by atoms with Crippen LogP contribution >= 0.6 is 11.8 Å². The molecule has 3 heterocycles. The molecule has 0 bridgehead atoms. The highest BCUT2D eigenvalue weighted by Crippen LogP contribution is 2.34. The molecule has 0 unspecified atom stereocenters. The second-order valence-corrected chi connectivity index (χ2v) is 6.70. The Morgan fingerprint density at radius 1 is 1.18 bits per heavy atom.